The Labute approximate surface area is 115 Å². The number of sulfonamides is 1. The molecule has 0 bridgehead atoms. The maximum Gasteiger partial charge on any atom is 0.242 e. The summed E-state index contributed by atoms with van der Waals surface area (Å²) in [4.78, 5) is 6.55. The highest BCUT2D eigenvalue weighted by atomic mass is 35.5. The topological polar surface area (TPSA) is 98.6 Å². The molecule has 0 aliphatic heterocycles. The number of aromatic nitrogens is 2. The van der Waals surface area contributed by atoms with E-state index in [9.17, 15) is 8.42 Å². The highest BCUT2D eigenvalue weighted by Gasteiger charge is 2.18. The van der Waals surface area contributed by atoms with E-state index in [0.29, 0.717) is 5.82 Å². The summed E-state index contributed by atoms with van der Waals surface area (Å²) in [6.45, 7) is 0.0163. The van der Waals surface area contributed by atoms with E-state index in [1.807, 2.05) is 6.07 Å². The van der Waals surface area contributed by atoms with Gasteiger partial charge in [-0.05, 0) is 18.2 Å². The number of nitrogens with one attached hydrogen (secondary N) is 2. The largest absolute Gasteiger partial charge is 0.347 e. The van der Waals surface area contributed by atoms with Gasteiger partial charge in [0.15, 0.2) is 0 Å². The van der Waals surface area contributed by atoms with Gasteiger partial charge < -0.3 is 4.98 Å². The fourth-order valence-corrected chi connectivity index (χ4v) is 2.93. The van der Waals surface area contributed by atoms with Crippen molar-refractivity contribution in [2.75, 3.05) is 0 Å². The van der Waals surface area contributed by atoms with Crippen LogP contribution in [0.1, 0.15) is 11.4 Å². The lowest BCUT2D eigenvalue weighted by molar-refractivity contribution is 0.579. The van der Waals surface area contributed by atoms with Crippen LogP contribution in [0.2, 0.25) is 5.02 Å². The van der Waals surface area contributed by atoms with Gasteiger partial charge in [-0.25, -0.2) is 18.1 Å². The zero-order chi connectivity index (χ0) is 13.9. The molecule has 0 aliphatic carbocycles. The van der Waals surface area contributed by atoms with E-state index in [-0.39, 0.29) is 22.0 Å². The number of H-pyrrole nitrogens is 1. The molecule has 0 saturated carbocycles. The van der Waals surface area contributed by atoms with Crippen LogP contribution in [-0.2, 0) is 16.6 Å². The quantitative estimate of drug-likeness (QED) is 0.891. The molecule has 2 rings (SSSR count). The molecule has 8 heteroatoms. The predicted octanol–water partition coefficient (Wildman–Crippen LogP) is 1.41. The van der Waals surface area contributed by atoms with Crippen LogP contribution in [0, 0.1) is 11.3 Å². The summed E-state index contributed by atoms with van der Waals surface area (Å²) in [7, 11) is -3.79. The lowest BCUT2D eigenvalue weighted by atomic mass is 10.2. The first-order valence-electron chi connectivity index (χ1n) is 5.20. The molecule has 0 radical (unpaired) electrons. The maximum atomic E-state index is 12.1. The molecular formula is C11H9ClN4O2S. The standard InChI is InChI=1S/C11H9ClN4O2S/c12-9-2-1-8(6-13)5-10(9)19(17,18)16-7-11-14-3-4-15-11/h1-5,16H,7H2,(H,14,15). The molecule has 0 spiro atoms. The maximum absolute atomic E-state index is 12.1. The van der Waals surface area contributed by atoms with Gasteiger partial charge in [-0.1, -0.05) is 11.6 Å². The minimum Gasteiger partial charge on any atom is -0.347 e. The molecule has 6 nitrogen and oxygen atoms in total. The summed E-state index contributed by atoms with van der Waals surface area (Å²) in [6, 6.07) is 5.92. The van der Waals surface area contributed by atoms with Crippen LogP contribution in [0.3, 0.4) is 0 Å². The third-order valence-corrected chi connectivity index (χ3v) is 4.22. The van der Waals surface area contributed by atoms with Crippen LogP contribution in [0.15, 0.2) is 35.5 Å². The van der Waals surface area contributed by atoms with Gasteiger partial charge in [-0.2, -0.15) is 5.26 Å². The third kappa shape index (κ3) is 3.12. The second-order valence-electron chi connectivity index (χ2n) is 3.62. The lowest BCUT2D eigenvalue weighted by Gasteiger charge is -2.07. The Morgan fingerprint density at radius 3 is 2.89 bits per heavy atom. The zero-order valence-electron chi connectivity index (χ0n) is 9.59. The molecule has 19 heavy (non-hydrogen) atoms. The van der Waals surface area contributed by atoms with Crippen molar-refractivity contribution in [3.63, 3.8) is 0 Å². The lowest BCUT2D eigenvalue weighted by Crippen LogP contribution is -2.24. The first-order valence-corrected chi connectivity index (χ1v) is 7.06. The summed E-state index contributed by atoms with van der Waals surface area (Å²) in [5.41, 5.74) is 0.225. The predicted molar refractivity (Wildman–Crippen MR) is 68.8 cm³/mol. The number of nitrogens with zero attached hydrogens (tertiary/aromatic N) is 2. The van der Waals surface area contributed by atoms with Crippen molar-refractivity contribution in [3.8, 4) is 6.07 Å². The first-order chi connectivity index (χ1) is 9.03. The SMILES string of the molecule is N#Cc1ccc(Cl)c(S(=O)(=O)NCc2ncc[nH]2)c1. The van der Waals surface area contributed by atoms with Crippen molar-refractivity contribution in [2.45, 2.75) is 11.4 Å². The number of rotatable bonds is 4. The molecule has 2 N–H and O–H groups in total. The molecule has 0 unspecified atom stereocenters. The second-order valence-corrected chi connectivity index (χ2v) is 5.76. The Balaban J connectivity index is 2.27. The van der Waals surface area contributed by atoms with E-state index >= 15 is 0 Å². The first kappa shape index (κ1) is 13.5. The minimum atomic E-state index is -3.79. The fourth-order valence-electron chi connectivity index (χ4n) is 1.41. The smallest absolute Gasteiger partial charge is 0.242 e. The Bertz CT molecular complexity index is 720. The van der Waals surface area contributed by atoms with Crippen LogP contribution < -0.4 is 4.72 Å². The van der Waals surface area contributed by atoms with Crippen molar-refractivity contribution in [1.29, 1.82) is 5.26 Å². The normalized spacial score (nSPS) is 11.2. The van der Waals surface area contributed by atoms with Crippen molar-refractivity contribution in [1.82, 2.24) is 14.7 Å². The Morgan fingerprint density at radius 1 is 1.47 bits per heavy atom. The summed E-state index contributed by atoms with van der Waals surface area (Å²) in [6.07, 6.45) is 3.11. The van der Waals surface area contributed by atoms with Gasteiger partial charge in [0.2, 0.25) is 10.0 Å². The second kappa shape index (κ2) is 5.40. The van der Waals surface area contributed by atoms with Crippen molar-refractivity contribution >= 4 is 21.6 Å². The van der Waals surface area contributed by atoms with Crippen molar-refractivity contribution < 1.29 is 8.42 Å². The summed E-state index contributed by atoms with van der Waals surface area (Å²) in [5.74, 6) is 0.483. The monoisotopic (exact) mass is 296 g/mol. The van der Waals surface area contributed by atoms with Gasteiger partial charge in [0.1, 0.15) is 10.7 Å². The summed E-state index contributed by atoms with van der Waals surface area (Å²) < 4.78 is 26.5. The number of benzene rings is 1. The van der Waals surface area contributed by atoms with Crippen LogP contribution in [0.4, 0.5) is 0 Å². The molecule has 1 heterocycles. The molecule has 0 atom stereocenters. The highest BCUT2D eigenvalue weighted by Crippen LogP contribution is 2.22. The summed E-state index contributed by atoms with van der Waals surface area (Å²) in [5, 5.41) is 8.84. The molecule has 0 aliphatic rings. The van der Waals surface area contributed by atoms with E-state index in [1.54, 1.807) is 6.20 Å². The Morgan fingerprint density at radius 2 is 2.26 bits per heavy atom. The van der Waals surface area contributed by atoms with Crippen LogP contribution >= 0.6 is 11.6 Å². The number of aromatic amines is 1. The molecule has 2 aromatic rings. The molecule has 0 fully saturated rings. The minimum absolute atomic E-state index is 0.0163. The molecule has 1 aromatic carbocycles. The summed E-state index contributed by atoms with van der Waals surface area (Å²) >= 11 is 5.85. The van der Waals surface area contributed by atoms with Crippen LogP contribution in [0.5, 0.6) is 0 Å². The molecular weight excluding hydrogens is 288 g/mol. The number of halogens is 1. The third-order valence-electron chi connectivity index (χ3n) is 2.33. The van der Waals surface area contributed by atoms with E-state index in [0.717, 1.165) is 0 Å². The number of hydrogen-bond acceptors (Lipinski definition) is 4. The van der Waals surface area contributed by atoms with Gasteiger partial charge >= 0.3 is 0 Å². The van der Waals surface area contributed by atoms with Gasteiger partial charge in [-0.3, -0.25) is 0 Å². The van der Waals surface area contributed by atoms with E-state index < -0.39 is 10.0 Å². The zero-order valence-corrected chi connectivity index (χ0v) is 11.2. The fraction of sp³-hybridized carbons (Fsp3) is 0.0909. The van der Waals surface area contributed by atoms with E-state index in [2.05, 4.69) is 14.7 Å². The average Bonchev–Trinajstić information content (AvgIpc) is 2.90. The van der Waals surface area contributed by atoms with Gasteiger partial charge in [0.05, 0.1) is 23.2 Å². The molecule has 98 valence electrons. The van der Waals surface area contributed by atoms with Crippen molar-refractivity contribution in [3.05, 3.63) is 47.0 Å². The molecule has 1 aromatic heterocycles. The average molecular weight is 297 g/mol. The Hall–Kier alpha value is -1.88. The number of hydrogen-bond donors (Lipinski definition) is 2. The van der Waals surface area contributed by atoms with Gasteiger partial charge in [0.25, 0.3) is 0 Å². The number of imidazole rings is 1. The van der Waals surface area contributed by atoms with Gasteiger partial charge in [0, 0.05) is 12.4 Å². The number of nitriles is 1. The van der Waals surface area contributed by atoms with E-state index in [1.165, 1.54) is 24.4 Å². The van der Waals surface area contributed by atoms with Crippen LogP contribution in [-0.4, -0.2) is 18.4 Å². The Kier molecular flexibility index (Phi) is 3.85. The van der Waals surface area contributed by atoms with E-state index in [4.69, 9.17) is 16.9 Å². The van der Waals surface area contributed by atoms with Gasteiger partial charge in [-0.15, -0.1) is 0 Å². The van der Waals surface area contributed by atoms with Crippen molar-refractivity contribution in [2.24, 2.45) is 0 Å². The molecule has 0 amide bonds. The highest BCUT2D eigenvalue weighted by molar-refractivity contribution is 7.89. The molecule has 0 saturated heterocycles. The van der Waals surface area contributed by atoms with Crippen LogP contribution in [0.25, 0.3) is 0 Å².